The Labute approximate surface area is 132 Å². The zero-order valence-corrected chi connectivity index (χ0v) is 12.4. The van der Waals surface area contributed by atoms with Gasteiger partial charge >= 0.3 is 0 Å². The van der Waals surface area contributed by atoms with Crippen molar-refractivity contribution in [3.05, 3.63) is 35.9 Å². The summed E-state index contributed by atoms with van der Waals surface area (Å²) >= 11 is 0. The van der Waals surface area contributed by atoms with Crippen LogP contribution in [0.5, 0.6) is 5.75 Å². The van der Waals surface area contributed by atoms with Crippen LogP contribution in [0.4, 0.5) is 5.69 Å². The molecule has 3 N–H and O–H groups in total. The SMILES string of the molecule is COc1ccc2c(c1)N=C(C(CO)=NN)Cc1c(C#N)ncn1-2. The molecule has 2 heterocycles. The van der Waals surface area contributed by atoms with Gasteiger partial charge in [-0.3, -0.25) is 4.57 Å². The molecular weight excluding hydrogens is 296 g/mol. The largest absolute Gasteiger partial charge is 0.497 e. The quantitative estimate of drug-likeness (QED) is 0.490. The maximum absolute atomic E-state index is 9.44. The van der Waals surface area contributed by atoms with E-state index in [0.717, 1.165) is 5.69 Å². The van der Waals surface area contributed by atoms with E-state index in [9.17, 15) is 10.4 Å². The normalized spacial score (nSPS) is 13.4. The number of nitrogens with zero attached hydrogens (tertiary/aromatic N) is 5. The molecule has 1 aliphatic rings. The van der Waals surface area contributed by atoms with Crippen molar-refractivity contribution in [1.29, 1.82) is 5.26 Å². The number of imidazole rings is 1. The van der Waals surface area contributed by atoms with Crippen LogP contribution < -0.4 is 10.6 Å². The number of aromatic nitrogens is 2. The van der Waals surface area contributed by atoms with Crippen LogP contribution >= 0.6 is 0 Å². The van der Waals surface area contributed by atoms with E-state index in [2.05, 4.69) is 21.1 Å². The third kappa shape index (κ3) is 2.43. The fourth-order valence-electron chi connectivity index (χ4n) is 2.48. The molecule has 3 rings (SSSR count). The van der Waals surface area contributed by atoms with Gasteiger partial charge in [-0.05, 0) is 12.1 Å². The second kappa shape index (κ2) is 5.90. The first-order valence-electron chi connectivity index (χ1n) is 6.82. The van der Waals surface area contributed by atoms with Gasteiger partial charge in [0.25, 0.3) is 0 Å². The number of aliphatic imine (C=N–C) groups is 1. The van der Waals surface area contributed by atoms with Gasteiger partial charge in [0.2, 0.25) is 0 Å². The molecule has 0 amide bonds. The lowest BCUT2D eigenvalue weighted by Crippen LogP contribution is -2.22. The summed E-state index contributed by atoms with van der Waals surface area (Å²) in [6.45, 7) is -0.343. The van der Waals surface area contributed by atoms with Gasteiger partial charge in [0.15, 0.2) is 5.69 Å². The zero-order valence-electron chi connectivity index (χ0n) is 12.4. The lowest BCUT2D eigenvalue weighted by molar-refractivity contribution is 0.359. The molecule has 0 unspecified atom stereocenters. The van der Waals surface area contributed by atoms with E-state index in [0.29, 0.717) is 28.5 Å². The number of nitriles is 1. The van der Waals surface area contributed by atoms with E-state index in [1.165, 1.54) is 0 Å². The first-order chi connectivity index (χ1) is 11.2. The summed E-state index contributed by atoms with van der Waals surface area (Å²) in [5, 5.41) is 22.3. The molecule has 23 heavy (non-hydrogen) atoms. The number of hydrogen-bond donors (Lipinski definition) is 2. The number of aliphatic hydroxyl groups excluding tert-OH is 1. The predicted octanol–water partition coefficient (Wildman–Crippen LogP) is 0.688. The number of benzene rings is 1. The van der Waals surface area contributed by atoms with Crippen LogP contribution in [0.2, 0.25) is 0 Å². The number of fused-ring (bicyclic) bond motifs is 3. The summed E-state index contributed by atoms with van der Waals surface area (Å²) < 4.78 is 7.03. The van der Waals surface area contributed by atoms with Crippen LogP contribution in [0, 0.1) is 11.3 Å². The summed E-state index contributed by atoms with van der Waals surface area (Å²) in [7, 11) is 1.57. The van der Waals surface area contributed by atoms with Crippen LogP contribution in [-0.2, 0) is 6.42 Å². The molecule has 0 saturated heterocycles. The first-order valence-corrected chi connectivity index (χ1v) is 6.82. The summed E-state index contributed by atoms with van der Waals surface area (Å²) in [6.07, 6.45) is 1.87. The van der Waals surface area contributed by atoms with E-state index >= 15 is 0 Å². The molecule has 8 nitrogen and oxygen atoms in total. The Hall–Kier alpha value is -3.18. The van der Waals surface area contributed by atoms with E-state index in [-0.39, 0.29) is 18.7 Å². The number of methoxy groups -OCH3 is 1. The van der Waals surface area contributed by atoms with Gasteiger partial charge in [-0.15, -0.1) is 0 Å². The standard InChI is InChI=1S/C15H14N6O2/c1-23-9-2-3-14-11(4-9)19-10(13(7-22)20-17)5-15-12(6-16)18-8-21(14)15/h2-4,8,22H,5,7,17H2,1H3. The number of rotatable bonds is 3. The maximum Gasteiger partial charge on any atom is 0.162 e. The minimum Gasteiger partial charge on any atom is -0.497 e. The molecule has 0 atom stereocenters. The molecule has 0 spiro atoms. The molecule has 116 valence electrons. The van der Waals surface area contributed by atoms with Crippen LogP contribution in [0.25, 0.3) is 5.69 Å². The lowest BCUT2D eigenvalue weighted by Gasteiger charge is -2.08. The lowest BCUT2D eigenvalue weighted by atomic mass is 10.1. The topological polar surface area (TPSA) is 122 Å². The Morgan fingerprint density at radius 2 is 2.39 bits per heavy atom. The van der Waals surface area contributed by atoms with Crippen molar-refractivity contribution >= 4 is 17.1 Å². The number of nitrogens with two attached hydrogens (primary N) is 1. The van der Waals surface area contributed by atoms with Crippen molar-refractivity contribution in [1.82, 2.24) is 9.55 Å². The number of aliphatic hydroxyl groups is 1. The van der Waals surface area contributed by atoms with Crippen LogP contribution in [0.15, 0.2) is 34.6 Å². The molecule has 1 aromatic carbocycles. The molecule has 0 saturated carbocycles. The summed E-state index contributed by atoms with van der Waals surface area (Å²) in [4.78, 5) is 8.69. The highest BCUT2D eigenvalue weighted by molar-refractivity contribution is 6.43. The summed E-state index contributed by atoms with van der Waals surface area (Å²) in [5.74, 6) is 5.99. The molecule has 1 aliphatic heterocycles. The molecule has 0 fully saturated rings. The minimum absolute atomic E-state index is 0.261. The molecule has 0 aliphatic carbocycles. The van der Waals surface area contributed by atoms with E-state index < -0.39 is 0 Å². The molecule has 0 radical (unpaired) electrons. The smallest absolute Gasteiger partial charge is 0.162 e. The first kappa shape index (κ1) is 14.7. The van der Waals surface area contributed by atoms with E-state index in [4.69, 9.17) is 10.6 Å². The number of hydrogen-bond acceptors (Lipinski definition) is 7. The molecular formula is C15H14N6O2. The highest BCUT2D eigenvalue weighted by Gasteiger charge is 2.23. The van der Waals surface area contributed by atoms with E-state index in [1.807, 2.05) is 6.07 Å². The van der Waals surface area contributed by atoms with Gasteiger partial charge in [0.05, 0.1) is 36.5 Å². The zero-order chi connectivity index (χ0) is 16.4. The van der Waals surface area contributed by atoms with Crippen molar-refractivity contribution in [3.8, 4) is 17.5 Å². The van der Waals surface area contributed by atoms with Crippen molar-refractivity contribution in [2.45, 2.75) is 6.42 Å². The highest BCUT2D eigenvalue weighted by Crippen LogP contribution is 2.32. The third-order valence-electron chi connectivity index (χ3n) is 3.64. The Morgan fingerprint density at radius 1 is 1.57 bits per heavy atom. The maximum atomic E-state index is 9.44. The summed E-state index contributed by atoms with van der Waals surface area (Å²) in [5.41, 5.74) is 3.10. The Morgan fingerprint density at radius 3 is 3.04 bits per heavy atom. The van der Waals surface area contributed by atoms with Crippen molar-refractivity contribution in [2.75, 3.05) is 13.7 Å². The second-order valence-electron chi connectivity index (χ2n) is 4.85. The summed E-state index contributed by atoms with van der Waals surface area (Å²) in [6, 6.07) is 7.48. The van der Waals surface area contributed by atoms with Crippen molar-refractivity contribution in [3.63, 3.8) is 0 Å². The van der Waals surface area contributed by atoms with Crippen molar-refractivity contribution in [2.24, 2.45) is 15.9 Å². The van der Waals surface area contributed by atoms with Gasteiger partial charge in [0.1, 0.15) is 23.9 Å². The fourth-order valence-corrected chi connectivity index (χ4v) is 2.48. The van der Waals surface area contributed by atoms with Gasteiger partial charge in [-0.1, -0.05) is 0 Å². The molecule has 8 heteroatoms. The highest BCUT2D eigenvalue weighted by atomic mass is 16.5. The molecule has 1 aromatic heterocycles. The van der Waals surface area contributed by atoms with Crippen LogP contribution in [-0.4, -0.2) is 39.8 Å². The Balaban J connectivity index is 2.28. The predicted molar refractivity (Wildman–Crippen MR) is 84.3 cm³/mol. The monoisotopic (exact) mass is 310 g/mol. The van der Waals surface area contributed by atoms with Crippen LogP contribution in [0.3, 0.4) is 0 Å². The molecule has 0 bridgehead atoms. The average molecular weight is 310 g/mol. The molecule has 2 aromatic rings. The number of ether oxygens (including phenoxy) is 1. The van der Waals surface area contributed by atoms with Crippen LogP contribution in [0.1, 0.15) is 11.4 Å². The second-order valence-corrected chi connectivity index (χ2v) is 4.85. The van der Waals surface area contributed by atoms with Gasteiger partial charge in [0, 0.05) is 12.5 Å². The van der Waals surface area contributed by atoms with Gasteiger partial charge in [-0.2, -0.15) is 10.4 Å². The average Bonchev–Trinajstić information content (AvgIpc) is 2.91. The minimum atomic E-state index is -0.343. The van der Waals surface area contributed by atoms with Crippen molar-refractivity contribution < 1.29 is 9.84 Å². The van der Waals surface area contributed by atoms with Gasteiger partial charge < -0.3 is 15.7 Å². The Kier molecular flexibility index (Phi) is 3.78. The number of hydrazone groups is 1. The van der Waals surface area contributed by atoms with E-state index in [1.54, 1.807) is 30.1 Å². The Bertz CT molecular complexity index is 859. The third-order valence-corrected chi connectivity index (χ3v) is 3.64. The fraction of sp³-hybridized carbons (Fsp3) is 0.200. The van der Waals surface area contributed by atoms with Gasteiger partial charge in [-0.25, -0.2) is 9.98 Å².